The molecule has 0 bridgehead atoms. The second-order valence-corrected chi connectivity index (χ2v) is 7.03. The molecule has 1 aromatic heterocycles. The number of nitrogens with one attached hydrogen (secondary N) is 1. The maximum Gasteiger partial charge on any atom is 0.240 e. The molecule has 1 aromatic carbocycles. The minimum Gasteiger partial charge on any atom is -0.398 e. The lowest BCUT2D eigenvalue weighted by atomic mass is 10.3. The molecule has 18 heavy (non-hydrogen) atoms. The van der Waals surface area contributed by atoms with Gasteiger partial charge in [-0.2, -0.15) is 0 Å². The van der Waals surface area contributed by atoms with Crippen LogP contribution in [0, 0.1) is 0 Å². The molecule has 96 valence electrons. The highest BCUT2D eigenvalue weighted by Gasteiger charge is 2.15. The SMILES string of the molecule is Nc1ccc(S(=O)(=O)NCc2nccs2)cc1Br. The van der Waals surface area contributed by atoms with E-state index in [0.717, 1.165) is 0 Å². The lowest BCUT2D eigenvalue weighted by Crippen LogP contribution is -2.23. The summed E-state index contributed by atoms with van der Waals surface area (Å²) in [4.78, 5) is 4.17. The first kappa shape index (κ1) is 13.5. The molecule has 0 radical (unpaired) electrons. The summed E-state index contributed by atoms with van der Waals surface area (Å²) in [7, 11) is -3.54. The zero-order valence-corrected chi connectivity index (χ0v) is 12.3. The number of hydrogen-bond donors (Lipinski definition) is 2. The van der Waals surface area contributed by atoms with Crippen molar-refractivity contribution in [1.82, 2.24) is 9.71 Å². The van der Waals surface area contributed by atoms with E-state index in [2.05, 4.69) is 25.6 Å². The summed E-state index contributed by atoms with van der Waals surface area (Å²) in [5, 5.41) is 2.51. The van der Waals surface area contributed by atoms with Gasteiger partial charge in [-0.05, 0) is 34.1 Å². The van der Waals surface area contributed by atoms with Crippen LogP contribution in [0.1, 0.15) is 5.01 Å². The van der Waals surface area contributed by atoms with E-state index in [4.69, 9.17) is 5.73 Å². The summed E-state index contributed by atoms with van der Waals surface area (Å²) in [5.41, 5.74) is 6.11. The molecule has 0 saturated carbocycles. The van der Waals surface area contributed by atoms with Crippen LogP contribution in [-0.4, -0.2) is 13.4 Å². The van der Waals surface area contributed by atoms with Crippen molar-refractivity contribution >= 4 is 43.0 Å². The van der Waals surface area contributed by atoms with Crippen LogP contribution in [-0.2, 0) is 16.6 Å². The predicted octanol–water partition coefficient (Wildman–Crippen LogP) is 1.97. The predicted molar refractivity (Wildman–Crippen MR) is 74.7 cm³/mol. The van der Waals surface area contributed by atoms with Gasteiger partial charge in [0.25, 0.3) is 0 Å². The molecule has 0 amide bonds. The van der Waals surface area contributed by atoms with E-state index in [1.54, 1.807) is 17.6 Å². The molecule has 0 saturated heterocycles. The molecule has 0 aliphatic heterocycles. The van der Waals surface area contributed by atoms with Crippen LogP contribution in [0.15, 0.2) is 39.1 Å². The van der Waals surface area contributed by atoms with Crippen molar-refractivity contribution in [3.05, 3.63) is 39.3 Å². The third-order valence-corrected chi connectivity index (χ3v) is 5.04. The zero-order chi connectivity index (χ0) is 13.2. The number of anilines is 1. The molecule has 0 aliphatic carbocycles. The molecule has 5 nitrogen and oxygen atoms in total. The molecule has 3 N–H and O–H groups in total. The van der Waals surface area contributed by atoms with Crippen molar-refractivity contribution in [3.8, 4) is 0 Å². The van der Waals surface area contributed by atoms with Gasteiger partial charge < -0.3 is 5.73 Å². The minimum atomic E-state index is -3.54. The van der Waals surface area contributed by atoms with Gasteiger partial charge in [0.2, 0.25) is 10.0 Å². The third-order valence-electron chi connectivity index (χ3n) is 2.18. The summed E-state index contributed by atoms with van der Waals surface area (Å²) < 4.78 is 27.0. The van der Waals surface area contributed by atoms with E-state index in [-0.39, 0.29) is 11.4 Å². The Labute approximate surface area is 117 Å². The molecule has 0 unspecified atom stereocenters. The van der Waals surface area contributed by atoms with Crippen LogP contribution in [0.5, 0.6) is 0 Å². The van der Waals surface area contributed by atoms with E-state index >= 15 is 0 Å². The fraction of sp³-hybridized carbons (Fsp3) is 0.100. The molecule has 1 heterocycles. The van der Waals surface area contributed by atoms with Crippen molar-refractivity contribution in [2.45, 2.75) is 11.4 Å². The summed E-state index contributed by atoms with van der Waals surface area (Å²) in [5.74, 6) is 0. The molecular formula is C10H10BrN3O2S2. The van der Waals surface area contributed by atoms with E-state index in [9.17, 15) is 8.42 Å². The zero-order valence-electron chi connectivity index (χ0n) is 9.13. The van der Waals surface area contributed by atoms with E-state index < -0.39 is 10.0 Å². The van der Waals surface area contributed by atoms with Crippen molar-refractivity contribution < 1.29 is 8.42 Å². The highest BCUT2D eigenvalue weighted by Crippen LogP contribution is 2.23. The number of rotatable bonds is 4. The number of sulfonamides is 1. The molecule has 2 aromatic rings. The molecule has 2 rings (SSSR count). The molecule has 0 atom stereocenters. The topological polar surface area (TPSA) is 85.1 Å². The number of nitrogen functional groups attached to an aromatic ring is 1. The monoisotopic (exact) mass is 347 g/mol. The van der Waals surface area contributed by atoms with E-state index in [0.29, 0.717) is 15.2 Å². The maximum atomic E-state index is 12.0. The van der Waals surface area contributed by atoms with Crippen molar-refractivity contribution in [2.75, 3.05) is 5.73 Å². The van der Waals surface area contributed by atoms with Crippen LogP contribution >= 0.6 is 27.3 Å². The van der Waals surface area contributed by atoms with Gasteiger partial charge in [0.05, 0.1) is 11.4 Å². The van der Waals surface area contributed by atoms with Crippen LogP contribution in [0.3, 0.4) is 0 Å². The highest BCUT2D eigenvalue weighted by atomic mass is 79.9. The Kier molecular flexibility index (Phi) is 4.00. The minimum absolute atomic E-state index is 0.167. The summed E-state index contributed by atoms with van der Waals surface area (Å²) >= 11 is 4.60. The first-order valence-corrected chi connectivity index (χ1v) is 8.08. The smallest absolute Gasteiger partial charge is 0.240 e. The second-order valence-electron chi connectivity index (χ2n) is 3.43. The first-order chi connectivity index (χ1) is 8.49. The van der Waals surface area contributed by atoms with Crippen LogP contribution < -0.4 is 10.5 Å². The normalized spacial score (nSPS) is 11.6. The number of aromatic nitrogens is 1. The van der Waals surface area contributed by atoms with Crippen LogP contribution in [0.4, 0.5) is 5.69 Å². The third kappa shape index (κ3) is 3.08. The number of hydrogen-bond acceptors (Lipinski definition) is 5. The number of benzene rings is 1. The van der Waals surface area contributed by atoms with Gasteiger partial charge in [0, 0.05) is 21.7 Å². The lowest BCUT2D eigenvalue weighted by molar-refractivity contribution is 0.581. The Morgan fingerprint density at radius 1 is 1.44 bits per heavy atom. The fourth-order valence-electron chi connectivity index (χ4n) is 1.26. The van der Waals surface area contributed by atoms with Gasteiger partial charge >= 0.3 is 0 Å². The number of nitrogens with two attached hydrogens (primary N) is 1. The number of halogens is 1. The van der Waals surface area contributed by atoms with E-state index in [1.165, 1.54) is 23.5 Å². The van der Waals surface area contributed by atoms with Crippen molar-refractivity contribution in [1.29, 1.82) is 0 Å². The summed E-state index contributed by atoms with van der Waals surface area (Å²) in [6.07, 6.45) is 1.63. The Bertz CT molecular complexity index is 641. The Hall–Kier alpha value is -0.960. The van der Waals surface area contributed by atoms with Crippen LogP contribution in [0.2, 0.25) is 0 Å². The van der Waals surface area contributed by atoms with Crippen LogP contribution in [0.25, 0.3) is 0 Å². The number of thiazole rings is 1. The van der Waals surface area contributed by atoms with Crippen molar-refractivity contribution in [3.63, 3.8) is 0 Å². The van der Waals surface area contributed by atoms with Gasteiger partial charge in [0.15, 0.2) is 0 Å². The molecule has 8 heteroatoms. The quantitative estimate of drug-likeness (QED) is 0.828. The van der Waals surface area contributed by atoms with Crippen molar-refractivity contribution in [2.24, 2.45) is 0 Å². The Morgan fingerprint density at radius 3 is 2.83 bits per heavy atom. The average molecular weight is 348 g/mol. The Balaban J connectivity index is 2.17. The number of nitrogens with zero attached hydrogens (tertiary/aromatic N) is 1. The Morgan fingerprint density at radius 2 is 2.22 bits per heavy atom. The fourth-order valence-corrected chi connectivity index (χ4v) is 3.45. The van der Waals surface area contributed by atoms with Gasteiger partial charge in [0.1, 0.15) is 5.01 Å². The molecule has 0 fully saturated rings. The largest absolute Gasteiger partial charge is 0.398 e. The molecular weight excluding hydrogens is 338 g/mol. The maximum absolute atomic E-state index is 12.0. The standard InChI is InChI=1S/C10H10BrN3O2S2/c11-8-5-7(1-2-9(8)12)18(15,16)14-6-10-13-3-4-17-10/h1-5,14H,6,12H2. The van der Waals surface area contributed by atoms with E-state index in [1.807, 2.05) is 0 Å². The van der Waals surface area contributed by atoms with Gasteiger partial charge in [-0.1, -0.05) is 0 Å². The van der Waals surface area contributed by atoms with Gasteiger partial charge in [-0.15, -0.1) is 11.3 Å². The van der Waals surface area contributed by atoms with Gasteiger partial charge in [-0.3, -0.25) is 0 Å². The molecule has 0 spiro atoms. The highest BCUT2D eigenvalue weighted by molar-refractivity contribution is 9.10. The first-order valence-electron chi connectivity index (χ1n) is 4.92. The summed E-state index contributed by atoms with van der Waals surface area (Å²) in [6, 6.07) is 4.48. The second kappa shape index (κ2) is 5.35. The lowest BCUT2D eigenvalue weighted by Gasteiger charge is -2.06. The summed E-state index contributed by atoms with van der Waals surface area (Å²) in [6.45, 7) is 0.183. The average Bonchev–Trinajstić information content (AvgIpc) is 2.83. The molecule has 0 aliphatic rings. The van der Waals surface area contributed by atoms with Gasteiger partial charge in [-0.25, -0.2) is 18.1 Å².